The number of carbonyl (C=O) groups excluding carboxylic acids is 1. The minimum Gasteiger partial charge on any atom is -0.481 e. The highest BCUT2D eigenvalue weighted by Crippen LogP contribution is 2.43. The molecule has 0 aromatic carbocycles. The molecule has 10 nitrogen and oxygen atoms in total. The van der Waals surface area contributed by atoms with Gasteiger partial charge >= 0.3 is 11.9 Å². The van der Waals surface area contributed by atoms with Gasteiger partial charge in [0.05, 0.1) is 18.3 Å². The van der Waals surface area contributed by atoms with Crippen molar-refractivity contribution in [2.45, 2.75) is 103 Å². The molecule has 248 valence electrons. The molecule has 10 heteroatoms. The Labute approximate surface area is 266 Å². The molecule has 0 amide bonds. The second-order valence-corrected chi connectivity index (χ2v) is 12.6. The number of aliphatic hydroxyl groups excluding tert-OH is 2. The third-order valence-corrected chi connectivity index (χ3v) is 8.73. The number of rotatable bonds is 9. The van der Waals surface area contributed by atoms with Gasteiger partial charge in [-0.15, -0.1) is 0 Å². The highest BCUT2D eigenvalue weighted by Gasteiger charge is 2.56. The highest BCUT2D eigenvalue weighted by atomic mass is 16.6. The summed E-state index contributed by atoms with van der Waals surface area (Å²) in [6.07, 6.45) is 13.2. The minimum absolute atomic E-state index is 0.114. The van der Waals surface area contributed by atoms with Crippen molar-refractivity contribution < 1.29 is 43.5 Å². The van der Waals surface area contributed by atoms with Crippen molar-refractivity contribution in [1.82, 2.24) is 4.98 Å². The van der Waals surface area contributed by atoms with Gasteiger partial charge in [0.25, 0.3) is 0 Å². The Morgan fingerprint density at radius 1 is 1.24 bits per heavy atom. The number of allylic oxidation sites excluding steroid dienone is 5. The Kier molecular flexibility index (Phi) is 13.1. The molecule has 2 aliphatic heterocycles. The van der Waals surface area contributed by atoms with Gasteiger partial charge in [-0.25, -0.2) is 9.78 Å². The summed E-state index contributed by atoms with van der Waals surface area (Å²) in [5.41, 5.74) is 1.74. The summed E-state index contributed by atoms with van der Waals surface area (Å²) in [4.78, 5) is 28.8. The maximum Gasteiger partial charge on any atom is 0.330 e. The van der Waals surface area contributed by atoms with E-state index in [0.717, 1.165) is 16.8 Å². The third-order valence-electron chi connectivity index (χ3n) is 8.73. The number of ether oxygens (including phenoxy) is 3. The zero-order valence-corrected chi connectivity index (χ0v) is 27.4. The van der Waals surface area contributed by atoms with Gasteiger partial charge in [0.2, 0.25) is 0 Å². The van der Waals surface area contributed by atoms with Crippen molar-refractivity contribution in [3.05, 3.63) is 71.5 Å². The Morgan fingerprint density at radius 2 is 1.98 bits per heavy atom. The predicted molar refractivity (Wildman–Crippen MR) is 170 cm³/mol. The molecule has 2 aliphatic rings. The molecule has 0 spiro atoms. The number of epoxide rings is 1. The van der Waals surface area contributed by atoms with Gasteiger partial charge < -0.3 is 33.9 Å². The largest absolute Gasteiger partial charge is 0.481 e. The molecule has 0 aliphatic carbocycles. The van der Waals surface area contributed by atoms with Crippen LogP contribution in [0.3, 0.4) is 0 Å². The predicted octanol–water partition coefficient (Wildman–Crippen LogP) is 5.35. The summed E-state index contributed by atoms with van der Waals surface area (Å²) in [5.74, 6) is -1.92. The fourth-order valence-electron chi connectivity index (χ4n) is 5.76. The first-order valence-corrected chi connectivity index (χ1v) is 15.5. The molecule has 0 saturated carbocycles. The van der Waals surface area contributed by atoms with Crippen molar-refractivity contribution in [1.29, 1.82) is 0 Å². The molecule has 3 heterocycles. The second-order valence-electron chi connectivity index (χ2n) is 12.6. The van der Waals surface area contributed by atoms with Crippen molar-refractivity contribution in [3.8, 4) is 0 Å². The Morgan fingerprint density at radius 3 is 2.62 bits per heavy atom. The minimum atomic E-state index is -0.967. The van der Waals surface area contributed by atoms with Gasteiger partial charge in [0.15, 0.2) is 5.89 Å². The number of hydrogen-bond donors (Lipinski definition) is 3. The summed E-state index contributed by atoms with van der Waals surface area (Å²) >= 11 is 0. The smallest absolute Gasteiger partial charge is 0.330 e. The standard InChI is InChI=1S/C35H49NO9/c1-21(16-27-20-43-25(5)36-27)10-8-11-23(3)34(42-7)24(4)29-19-30(38)35(6)31(45-35)15-14-22(2)28(37)17-26(18-32(39)40)12-9-13-33(41)44-29/h8-11,13-16,20,22,24,26,28-31,34,37-38H,12,17-19H2,1-7H3,(H,39,40)/b10-8+,13-9+,15-14+,21-16-,23-11+/t22-,24+,26-,28-,29+,30+,31-,34+,35-/m1/s1. The zero-order chi connectivity index (χ0) is 33.3. The van der Waals surface area contributed by atoms with E-state index < -0.39 is 42.0 Å². The van der Waals surface area contributed by atoms with Crippen LogP contribution in [-0.2, 0) is 23.8 Å². The maximum absolute atomic E-state index is 13.0. The normalized spacial score (nSPS) is 33.2. The highest BCUT2D eigenvalue weighted by molar-refractivity contribution is 5.82. The fraction of sp³-hybridized carbons (Fsp3) is 0.571. The van der Waals surface area contributed by atoms with Crippen LogP contribution in [0.15, 0.2) is 64.4 Å². The number of cyclic esters (lactones) is 1. The molecule has 3 rings (SSSR count). The summed E-state index contributed by atoms with van der Waals surface area (Å²) in [7, 11) is 1.60. The van der Waals surface area contributed by atoms with Crippen LogP contribution in [0.25, 0.3) is 6.08 Å². The van der Waals surface area contributed by atoms with Crippen LogP contribution in [-0.4, -0.2) is 75.5 Å². The van der Waals surface area contributed by atoms with E-state index in [9.17, 15) is 24.9 Å². The van der Waals surface area contributed by atoms with Crippen LogP contribution in [0, 0.1) is 24.7 Å². The number of oxazole rings is 1. The number of hydrogen-bond acceptors (Lipinski definition) is 9. The average Bonchev–Trinajstić information content (AvgIpc) is 3.47. The van der Waals surface area contributed by atoms with Crippen molar-refractivity contribution >= 4 is 18.0 Å². The average molecular weight is 628 g/mol. The van der Waals surface area contributed by atoms with E-state index in [1.165, 1.54) is 6.08 Å². The summed E-state index contributed by atoms with van der Waals surface area (Å²) in [5, 5.41) is 31.4. The van der Waals surface area contributed by atoms with Gasteiger partial charge in [-0.05, 0) is 56.8 Å². The molecular formula is C35H49NO9. The van der Waals surface area contributed by atoms with E-state index >= 15 is 0 Å². The number of methoxy groups -OCH3 is 1. The lowest BCUT2D eigenvalue weighted by Gasteiger charge is -2.32. The number of esters is 1. The van der Waals surface area contributed by atoms with Gasteiger partial charge in [0.1, 0.15) is 29.8 Å². The fourth-order valence-corrected chi connectivity index (χ4v) is 5.76. The van der Waals surface area contributed by atoms with E-state index in [0.29, 0.717) is 12.3 Å². The third kappa shape index (κ3) is 10.6. The quantitative estimate of drug-likeness (QED) is 0.141. The van der Waals surface area contributed by atoms with Gasteiger partial charge in [-0.3, -0.25) is 4.79 Å². The molecule has 1 aromatic heterocycles. The number of carboxylic acid groups (broad SMARTS) is 1. The number of carbonyl (C=O) groups is 2. The molecule has 9 atom stereocenters. The molecule has 3 N–H and O–H groups in total. The molecule has 1 fully saturated rings. The number of aryl methyl sites for hydroxylation is 1. The maximum atomic E-state index is 13.0. The lowest BCUT2D eigenvalue weighted by molar-refractivity contribution is -0.150. The molecule has 1 saturated heterocycles. The lowest BCUT2D eigenvalue weighted by atomic mass is 9.85. The first kappa shape index (κ1) is 36.2. The van der Waals surface area contributed by atoms with E-state index in [1.54, 1.807) is 26.4 Å². The molecule has 45 heavy (non-hydrogen) atoms. The summed E-state index contributed by atoms with van der Waals surface area (Å²) in [6.45, 7) is 11.3. The molecule has 0 unspecified atom stereocenters. The lowest BCUT2D eigenvalue weighted by Crippen LogP contribution is -2.41. The van der Waals surface area contributed by atoms with Gasteiger partial charge in [-0.1, -0.05) is 50.3 Å². The molecule has 0 bridgehead atoms. The topological polar surface area (TPSA) is 152 Å². The molecule has 0 radical (unpaired) electrons. The van der Waals surface area contributed by atoms with E-state index in [2.05, 4.69) is 4.98 Å². The van der Waals surface area contributed by atoms with Crippen LogP contribution >= 0.6 is 0 Å². The van der Waals surface area contributed by atoms with Crippen molar-refractivity contribution in [2.24, 2.45) is 17.8 Å². The van der Waals surface area contributed by atoms with Gasteiger partial charge in [0, 0.05) is 44.8 Å². The van der Waals surface area contributed by atoms with E-state index in [1.807, 2.05) is 71.1 Å². The van der Waals surface area contributed by atoms with Crippen molar-refractivity contribution in [3.63, 3.8) is 0 Å². The van der Waals surface area contributed by atoms with Crippen LogP contribution in [0.2, 0.25) is 0 Å². The van der Waals surface area contributed by atoms with Crippen LogP contribution < -0.4 is 0 Å². The first-order chi connectivity index (χ1) is 21.2. The number of fused-ring (bicyclic) bond motifs is 1. The molecular weight excluding hydrogens is 578 g/mol. The SMILES string of the molecule is CO[C@@H](/C(C)=C/C=C/C(C)=C\c1coc(C)n1)[C@@H](C)[C@@H]1C[C@H](O)[C@@]2(C)O[C@@H]2/C=C/[C@@H](C)[C@H](O)C[C@H](CC(=O)O)C/C=C/C(=O)O1. The summed E-state index contributed by atoms with van der Waals surface area (Å²) in [6, 6.07) is 0. The first-order valence-electron chi connectivity index (χ1n) is 15.5. The van der Waals surface area contributed by atoms with Crippen molar-refractivity contribution in [2.75, 3.05) is 7.11 Å². The zero-order valence-electron chi connectivity index (χ0n) is 27.4. The number of nitrogens with zero attached hydrogens (tertiary/aromatic N) is 1. The number of aliphatic carboxylic acids is 1. The van der Waals surface area contributed by atoms with Gasteiger partial charge in [-0.2, -0.15) is 0 Å². The summed E-state index contributed by atoms with van der Waals surface area (Å²) < 4.78 is 22.9. The van der Waals surface area contributed by atoms with Crippen LogP contribution in [0.4, 0.5) is 0 Å². The number of aromatic nitrogens is 1. The monoisotopic (exact) mass is 627 g/mol. The van der Waals surface area contributed by atoms with E-state index in [4.69, 9.17) is 18.6 Å². The number of carboxylic acids is 1. The number of aliphatic hydroxyl groups is 2. The molecule has 1 aromatic rings. The second kappa shape index (κ2) is 16.3. The Bertz CT molecular complexity index is 1310. The van der Waals surface area contributed by atoms with Crippen LogP contribution in [0.1, 0.15) is 71.9 Å². The van der Waals surface area contributed by atoms with Crippen LogP contribution in [0.5, 0.6) is 0 Å². The van der Waals surface area contributed by atoms with E-state index in [-0.39, 0.29) is 43.1 Å². The Balaban J connectivity index is 1.82. The Hall–Kier alpha value is -3.31.